The van der Waals surface area contributed by atoms with Gasteiger partial charge in [-0.1, -0.05) is 18.2 Å². The Hall–Kier alpha value is -1.88. The molecule has 5 nitrogen and oxygen atoms in total. The maximum absolute atomic E-state index is 12.3. The summed E-state index contributed by atoms with van der Waals surface area (Å²) in [6.45, 7) is 3.93. The van der Waals surface area contributed by atoms with Crippen molar-refractivity contribution in [1.82, 2.24) is 5.32 Å². The van der Waals surface area contributed by atoms with Gasteiger partial charge in [-0.2, -0.15) is 0 Å². The van der Waals surface area contributed by atoms with Crippen LogP contribution in [0.1, 0.15) is 31.7 Å². The molecule has 2 rings (SSSR count). The van der Waals surface area contributed by atoms with Gasteiger partial charge in [0.2, 0.25) is 11.8 Å². The second-order valence-electron chi connectivity index (χ2n) is 5.36. The summed E-state index contributed by atoms with van der Waals surface area (Å²) in [4.78, 5) is 25.9. The third-order valence-corrected chi connectivity index (χ3v) is 3.71. The van der Waals surface area contributed by atoms with Gasteiger partial charge in [0.05, 0.1) is 0 Å². The molecular weight excluding hydrogens is 280 g/mol. The molecule has 0 fully saturated rings. The second-order valence-corrected chi connectivity index (χ2v) is 5.36. The molecular formula is C17H24N2O3. The van der Waals surface area contributed by atoms with E-state index in [-0.39, 0.29) is 18.4 Å². The number of anilines is 1. The number of benzene rings is 1. The Kier molecular flexibility index (Phi) is 6.40. The molecule has 1 aliphatic heterocycles. The van der Waals surface area contributed by atoms with E-state index >= 15 is 0 Å². The van der Waals surface area contributed by atoms with Gasteiger partial charge >= 0.3 is 0 Å². The Balaban J connectivity index is 1.92. The SMILES string of the molecule is CCOCCCNC(=O)CN1C(=O)CCCc2ccccc21. The van der Waals surface area contributed by atoms with Crippen LogP contribution in [-0.2, 0) is 20.7 Å². The van der Waals surface area contributed by atoms with Crippen molar-refractivity contribution in [3.05, 3.63) is 29.8 Å². The lowest BCUT2D eigenvalue weighted by Crippen LogP contribution is -2.41. The molecule has 0 atom stereocenters. The highest BCUT2D eigenvalue weighted by atomic mass is 16.5. The molecule has 0 bridgehead atoms. The van der Waals surface area contributed by atoms with Crippen molar-refractivity contribution in [3.63, 3.8) is 0 Å². The first kappa shape index (κ1) is 16.5. The van der Waals surface area contributed by atoms with Crippen LogP contribution in [0.25, 0.3) is 0 Å². The number of hydrogen-bond donors (Lipinski definition) is 1. The Morgan fingerprint density at radius 2 is 2.14 bits per heavy atom. The van der Waals surface area contributed by atoms with E-state index in [0.717, 1.165) is 30.5 Å². The van der Waals surface area contributed by atoms with E-state index in [1.807, 2.05) is 31.2 Å². The summed E-state index contributed by atoms with van der Waals surface area (Å²) in [5, 5.41) is 2.85. The molecule has 0 aliphatic carbocycles. The van der Waals surface area contributed by atoms with Gasteiger partial charge in [0, 0.05) is 31.9 Å². The summed E-state index contributed by atoms with van der Waals surface area (Å²) in [7, 11) is 0. The summed E-state index contributed by atoms with van der Waals surface area (Å²) in [6, 6.07) is 7.83. The minimum Gasteiger partial charge on any atom is -0.382 e. The predicted molar refractivity (Wildman–Crippen MR) is 85.9 cm³/mol. The van der Waals surface area contributed by atoms with E-state index in [0.29, 0.717) is 26.2 Å². The number of aryl methyl sites for hydroxylation is 1. The lowest BCUT2D eigenvalue weighted by Gasteiger charge is -2.22. The molecule has 120 valence electrons. The standard InChI is InChI=1S/C17H24N2O3/c1-2-22-12-6-11-18-16(20)13-19-15-9-4-3-7-14(15)8-5-10-17(19)21/h3-4,7,9H,2,5-6,8,10-13H2,1H3,(H,18,20). The molecule has 1 aliphatic rings. The highest BCUT2D eigenvalue weighted by molar-refractivity contribution is 5.99. The third kappa shape index (κ3) is 4.56. The highest BCUT2D eigenvalue weighted by Gasteiger charge is 2.23. The fourth-order valence-corrected chi connectivity index (χ4v) is 2.60. The Morgan fingerprint density at radius 1 is 1.32 bits per heavy atom. The normalized spacial score (nSPS) is 14.4. The largest absolute Gasteiger partial charge is 0.382 e. The van der Waals surface area contributed by atoms with Crippen LogP contribution < -0.4 is 10.2 Å². The monoisotopic (exact) mass is 304 g/mol. The number of carbonyl (C=O) groups excluding carboxylic acids is 2. The maximum atomic E-state index is 12.3. The number of nitrogens with zero attached hydrogens (tertiary/aromatic N) is 1. The molecule has 1 N–H and O–H groups in total. The number of hydrogen-bond acceptors (Lipinski definition) is 3. The lowest BCUT2D eigenvalue weighted by atomic mass is 10.1. The third-order valence-electron chi connectivity index (χ3n) is 3.71. The van der Waals surface area contributed by atoms with Crippen molar-refractivity contribution in [2.75, 3.05) is 31.2 Å². The second kappa shape index (κ2) is 8.54. The first-order valence-electron chi connectivity index (χ1n) is 7.95. The van der Waals surface area contributed by atoms with Gasteiger partial charge in [-0.15, -0.1) is 0 Å². The van der Waals surface area contributed by atoms with E-state index in [1.54, 1.807) is 4.90 Å². The summed E-state index contributed by atoms with van der Waals surface area (Å²) in [6.07, 6.45) is 2.99. The van der Waals surface area contributed by atoms with Crippen molar-refractivity contribution in [2.24, 2.45) is 0 Å². The van der Waals surface area contributed by atoms with Gasteiger partial charge in [-0.05, 0) is 37.8 Å². The van der Waals surface area contributed by atoms with E-state index in [2.05, 4.69) is 5.32 Å². The molecule has 0 saturated heterocycles. The van der Waals surface area contributed by atoms with Gasteiger partial charge in [0.25, 0.3) is 0 Å². The minimum atomic E-state index is -0.124. The zero-order chi connectivity index (χ0) is 15.8. The first-order chi connectivity index (χ1) is 10.7. The molecule has 0 aromatic heterocycles. The zero-order valence-electron chi connectivity index (χ0n) is 13.1. The van der Waals surface area contributed by atoms with Crippen LogP contribution in [0.4, 0.5) is 5.69 Å². The lowest BCUT2D eigenvalue weighted by molar-refractivity contribution is -0.123. The number of para-hydroxylation sites is 1. The van der Waals surface area contributed by atoms with Gasteiger partial charge in [-0.25, -0.2) is 0 Å². The molecule has 0 spiro atoms. The molecule has 5 heteroatoms. The molecule has 1 aromatic rings. The van der Waals surface area contributed by atoms with E-state index in [1.165, 1.54) is 0 Å². The quantitative estimate of drug-likeness (QED) is 0.783. The number of rotatable bonds is 7. The van der Waals surface area contributed by atoms with Gasteiger partial charge < -0.3 is 15.0 Å². The Bertz CT molecular complexity index is 516. The van der Waals surface area contributed by atoms with Crippen LogP contribution in [-0.4, -0.2) is 38.1 Å². The van der Waals surface area contributed by atoms with E-state index in [4.69, 9.17) is 4.74 Å². The van der Waals surface area contributed by atoms with Crippen molar-refractivity contribution >= 4 is 17.5 Å². The van der Waals surface area contributed by atoms with Gasteiger partial charge in [0.1, 0.15) is 6.54 Å². The van der Waals surface area contributed by atoms with Crippen LogP contribution in [0.2, 0.25) is 0 Å². The Labute approximate surface area is 131 Å². The topological polar surface area (TPSA) is 58.6 Å². The highest BCUT2D eigenvalue weighted by Crippen LogP contribution is 2.26. The smallest absolute Gasteiger partial charge is 0.240 e. The predicted octanol–water partition coefficient (Wildman–Crippen LogP) is 1.90. The zero-order valence-corrected chi connectivity index (χ0v) is 13.1. The number of ether oxygens (including phenoxy) is 1. The van der Waals surface area contributed by atoms with E-state index < -0.39 is 0 Å². The molecule has 22 heavy (non-hydrogen) atoms. The fourth-order valence-electron chi connectivity index (χ4n) is 2.60. The number of amides is 2. The van der Waals surface area contributed by atoms with Crippen LogP contribution in [0.5, 0.6) is 0 Å². The molecule has 0 unspecified atom stereocenters. The minimum absolute atomic E-state index is 0.0226. The summed E-state index contributed by atoms with van der Waals surface area (Å²) < 4.78 is 5.23. The average molecular weight is 304 g/mol. The van der Waals surface area contributed by atoms with Gasteiger partial charge in [-0.3, -0.25) is 9.59 Å². The summed E-state index contributed by atoms with van der Waals surface area (Å²) in [5.41, 5.74) is 2.01. The summed E-state index contributed by atoms with van der Waals surface area (Å²) >= 11 is 0. The van der Waals surface area contributed by atoms with E-state index in [9.17, 15) is 9.59 Å². The first-order valence-corrected chi connectivity index (χ1v) is 7.95. The molecule has 1 heterocycles. The molecule has 0 saturated carbocycles. The Morgan fingerprint density at radius 3 is 2.95 bits per heavy atom. The van der Waals surface area contributed by atoms with Crippen LogP contribution in [0, 0.1) is 0 Å². The fraction of sp³-hybridized carbons (Fsp3) is 0.529. The molecule has 2 amide bonds. The van der Waals surface area contributed by atoms with Crippen molar-refractivity contribution < 1.29 is 14.3 Å². The average Bonchev–Trinajstić information content (AvgIpc) is 2.67. The van der Waals surface area contributed by atoms with Crippen LogP contribution >= 0.6 is 0 Å². The number of carbonyl (C=O) groups is 2. The van der Waals surface area contributed by atoms with Crippen molar-refractivity contribution in [3.8, 4) is 0 Å². The number of nitrogens with one attached hydrogen (secondary N) is 1. The van der Waals surface area contributed by atoms with Gasteiger partial charge in [0.15, 0.2) is 0 Å². The van der Waals surface area contributed by atoms with Crippen LogP contribution in [0.3, 0.4) is 0 Å². The maximum Gasteiger partial charge on any atom is 0.240 e. The van der Waals surface area contributed by atoms with Crippen LogP contribution in [0.15, 0.2) is 24.3 Å². The van der Waals surface area contributed by atoms with Crippen molar-refractivity contribution in [1.29, 1.82) is 0 Å². The number of fused-ring (bicyclic) bond motifs is 1. The molecule has 1 aromatic carbocycles. The van der Waals surface area contributed by atoms with Crippen molar-refractivity contribution in [2.45, 2.75) is 32.6 Å². The molecule has 0 radical (unpaired) electrons. The summed E-state index contributed by atoms with van der Waals surface area (Å²) in [5.74, 6) is -0.101.